The average molecular weight is 539 g/mol. The number of para-hydroxylation sites is 1. The predicted molar refractivity (Wildman–Crippen MR) is 154 cm³/mol. The fourth-order valence-corrected chi connectivity index (χ4v) is 6.38. The number of methoxy groups -OCH3 is 1. The van der Waals surface area contributed by atoms with Crippen molar-refractivity contribution in [3.8, 4) is 17.0 Å². The quantitative estimate of drug-likeness (QED) is 0.327. The number of aromatic nitrogens is 6. The lowest BCUT2D eigenvalue weighted by Gasteiger charge is -2.38. The number of nitrogens with one attached hydrogen (secondary N) is 1. The van der Waals surface area contributed by atoms with Gasteiger partial charge in [-0.05, 0) is 43.9 Å². The van der Waals surface area contributed by atoms with Gasteiger partial charge in [-0.2, -0.15) is 5.10 Å². The number of hydrogen-bond donors (Lipinski definition) is 2. The predicted octanol–water partition coefficient (Wildman–Crippen LogP) is 4.37. The van der Waals surface area contributed by atoms with Crippen molar-refractivity contribution in [3.05, 3.63) is 60.2 Å². The second-order valence-corrected chi connectivity index (χ2v) is 10.8. The van der Waals surface area contributed by atoms with Crippen LogP contribution in [0.3, 0.4) is 0 Å². The van der Waals surface area contributed by atoms with Crippen molar-refractivity contribution in [2.45, 2.75) is 44.2 Å². The Bertz CT molecular complexity index is 1650. The summed E-state index contributed by atoms with van der Waals surface area (Å²) in [5.74, 6) is 2.19. The van der Waals surface area contributed by atoms with Crippen molar-refractivity contribution in [2.24, 2.45) is 0 Å². The van der Waals surface area contributed by atoms with Crippen molar-refractivity contribution in [2.75, 3.05) is 39.1 Å². The van der Waals surface area contributed by atoms with Gasteiger partial charge in [0.2, 0.25) is 0 Å². The Balaban J connectivity index is 1.19. The summed E-state index contributed by atoms with van der Waals surface area (Å²) in [6.45, 7) is 3.74. The first-order chi connectivity index (χ1) is 19.7. The average Bonchev–Trinajstić information content (AvgIpc) is 3.59. The topological polar surface area (TPSA) is 120 Å². The van der Waals surface area contributed by atoms with Gasteiger partial charge in [0, 0.05) is 36.7 Å². The molecule has 2 aliphatic rings. The molecular formula is C30H34N8O2. The normalized spacial score (nSPS) is 20.3. The van der Waals surface area contributed by atoms with E-state index in [0.717, 1.165) is 102 Å². The molecule has 206 valence electrons. The highest BCUT2D eigenvalue weighted by Crippen LogP contribution is 2.37. The smallest absolute Gasteiger partial charge is 0.164 e. The van der Waals surface area contributed by atoms with Gasteiger partial charge >= 0.3 is 0 Å². The van der Waals surface area contributed by atoms with E-state index in [0.29, 0.717) is 18.3 Å². The van der Waals surface area contributed by atoms with E-state index in [2.05, 4.69) is 48.8 Å². The van der Waals surface area contributed by atoms with E-state index < -0.39 is 0 Å². The maximum atomic E-state index is 6.43. The number of nitrogens with two attached hydrogens (primary N) is 1. The fraction of sp³-hybridized carbons (Fsp3) is 0.400. The number of benzene rings is 2. The lowest BCUT2D eigenvalue weighted by molar-refractivity contribution is 0.00520. The molecule has 4 heterocycles. The summed E-state index contributed by atoms with van der Waals surface area (Å²) in [6.07, 6.45) is 6.62. The van der Waals surface area contributed by atoms with Gasteiger partial charge in [-0.1, -0.05) is 24.3 Å². The number of nitrogen functional groups attached to an aromatic ring is 1. The highest BCUT2D eigenvalue weighted by Gasteiger charge is 2.30. The van der Waals surface area contributed by atoms with E-state index in [4.69, 9.17) is 25.3 Å². The Kier molecular flexibility index (Phi) is 6.57. The molecule has 0 bridgehead atoms. The number of aromatic amines is 1. The number of ether oxygens (including phenoxy) is 2. The van der Waals surface area contributed by atoms with Gasteiger partial charge in [-0.15, -0.1) is 0 Å². The van der Waals surface area contributed by atoms with E-state index in [1.807, 2.05) is 18.2 Å². The van der Waals surface area contributed by atoms with E-state index >= 15 is 0 Å². The highest BCUT2D eigenvalue weighted by molar-refractivity contribution is 5.99. The van der Waals surface area contributed by atoms with Crippen LogP contribution < -0.4 is 10.5 Å². The van der Waals surface area contributed by atoms with E-state index in [-0.39, 0.29) is 6.04 Å². The lowest BCUT2D eigenvalue weighted by atomic mass is 9.90. The molecule has 1 saturated heterocycles. The molecule has 1 aliphatic heterocycles. The molecule has 0 spiro atoms. The van der Waals surface area contributed by atoms with Crippen LogP contribution in [-0.4, -0.2) is 74.1 Å². The molecule has 1 saturated carbocycles. The molecule has 0 unspecified atom stereocenters. The fourth-order valence-electron chi connectivity index (χ4n) is 6.38. The number of anilines is 1. The van der Waals surface area contributed by atoms with E-state index in [1.165, 1.54) is 0 Å². The Morgan fingerprint density at radius 3 is 2.65 bits per heavy atom. The van der Waals surface area contributed by atoms with E-state index in [9.17, 15) is 0 Å². The Hall–Kier alpha value is -4.02. The molecule has 10 nitrogen and oxygen atoms in total. The van der Waals surface area contributed by atoms with Crippen LogP contribution in [0.15, 0.2) is 48.8 Å². The molecule has 5 aromatic rings. The first-order valence-electron chi connectivity index (χ1n) is 14.1. The van der Waals surface area contributed by atoms with Crippen molar-refractivity contribution in [1.29, 1.82) is 0 Å². The van der Waals surface area contributed by atoms with Gasteiger partial charge in [-0.25, -0.2) is 19.6 Å². The molecule has 0 radical (unpaired) electrons. The minimum Gasteiger partial charge on any atom is -0.496 e. The van der Waals surface area contributed by atoms with Gasteiger partial charge in [0.15, 0.2) is 5.65 Å². The standard InChI is InChI=1S/C30H34N8O2/c1-39-25-5-3-2-4-19(25)17-26-34-23-11-6-20(16-24(23)35-26)28-27-29(31)32-18-33-30(27)38(36-28)22-9-7-21(8-10-22)37-12-14-40-15-13-37/h2-6,11,16,18,21-22H,7-10,12-15,17H2,1H3,(H,34,35)(H2,31,32,33)/t21-,22-. The van der Waals surface area contributed by atoms with Crippen LogP contribution in [0.25, 0.3) is 33.3 Å². The minimum absolute atomic E-state index is 0.282. The lowest BCUT2D eigenvalue weighted by Crippen LogP contribution is -2.45. The Morgan fingerprint density at radius 1 is 1.02 bits per heavy atom. The SMILES string of the molecule is COc1ccccc1Cc1nc2cc(-c3nn([C@H]4CC[C@H](N5CCOCC5)CC4)c4ncnc(N)c34)ccc2[nH]1. The van der Waals surface area contributed by atoms with Crippen LogP contribution >= 0.6 is 0 Å². The third-order valence-corrected chi connectivity index (χ3v) is 8.45. The van der Waals surface area contributed by atoms with Gasteiger partial charge in [0.25, 0.3) is 0 Å². The van der Waals surface area contributed by atoms with Gasteiger partial charge in [-0.3, -0.25) is 4.90 Å². The number of hydrogen-bond acceptors (Lipinski definition) is 8. The molecule has 0 amide bonds. The zero-order chi connectivity index (χ0) is 27.1. The largest absolute Gasteiger partial charge is 0.496 e. The number of imidazole rings is 1. The van der Waals surface area contributed by atoms with Crippen LogP contribution in [0.5, 0.6) is 5.75 Å². The van der Waals surface area contributed by atoms with Crippen LogP contribution in [0.2, 0.25) is 0 Å². The molecule has 3 aromatic heterocycles. The third kappa shape index (κ3) is 4.56. The summed E-state index contributed by atoms with van der Waals surface area (Å²) in [5.41, 5.74) is 11.9. The first-order valence-corrected chi connectivity index (χ1v) is 14.1. The second kappa shape index (κ2) is 10.5. The van der Waals surface area contributed by atoms with Crippen LogP contribution in [0.4, 0.5) is 5.82 Å². The molecule has 1 aliphatic carbocycles. The molecule has 2 aromatic carbocycles. The van der Waals surface area contributed by atoms with Gasteiger partial charge in [0.1, 0.15) is 29.4 Å². The second-order valence-electron chi connectivity index (χ2n) is 10.8. The number of rotatable bonds is 6. The number of H-pyrrole nitrogens is 1. The zero-order valence-electron chi connectivity index (χ0n) is 22.7. The van der Waals surface area contributed by atoms with Crippen LogP contribution in [0.1, 0.15) is 43.1 Å². The molecule has 40 heavy (non-hydrogen) atoms. The summed E-state index contributed by atoms with van der Waals surface area (Å²) in [6, 6.07) is 15.1. The Labute approximate surface area is 232 Å². The maximum Gasteiger partial charge on any atom is 0.164 e. The highest BCUT2D eigenvalue weighted by atomic mass is 16.5. The summed E-state index contributed by atoms with van der Waals surface area (Å²) in [4.78, 5) is 19.9. The van der Waals surface area contributed by atoms with Crippen molar-refractivity contribution in [3.63, 3.8) is 0 Å². The molecule has 10 heteroatoms. The molecule has 7 rings (SSSR count). The number of fused-ring (bicyclic) bond motifs is 2. The number of morpholine rings is 1. The van der Waals surface area contributed by atoms with Crippen molar-refractivity contribution < 1.29 is 9.47 Å². The summed E-state index contributed by atoms with van der Waals surface area (Å²) >= 11 is 0. The third-order valence-electron chi connectivity index (χ3n) is 8.45. The van der Waals surface area contributed by atoms with E-state index in [1.54, 1.807) is 13.4 Å². The van der Waals surface area contributed by atoms with Gasteiger partial charge in [0.05, 0.1) is 42.8 Å². The summed E-state index contributed by atoms with van der Waals surface area (Å²) < 4.78 is 13.2. The minimum atomic E-state index is 0.282. The number of nitrogens with zero attached hydrogens (tertiary/aromatic N) is 6. The molecule has 0 atom stereocenters. The van der Waals surface area contributed by atoms with Crippen molar-refractivity contribution in [1.82, 2.24) is 34.6 Å². The van der Waals surface area contributed by atoms with Gasteiger partial charge < -0.3 is 20.2 Å². The summed E-state index contributed by atoms with van der Waals surface area (Å²) in [5, 5.41) is 5.94. The monoisotopic (exact) mass is 538 g/mol. The van der Waals surface area contributed by atoms with Crippen molar-refractivity contribution >= 4 is 27.9 Å². The van der Waals surface area contributed by atoms with Crippen LogP contribution in [-0.2, 0) is 11.2 Å². The summed E-state index contributed by atoms with van der Waals surface area (Å²) in [7, 11) is 1.69. The first kappa shape index (κ1) is 25.0. The Morgan fingerprint density at radius 2 is 1.82 bits per heavy atom. The zero-order valence-corrected chi connectivity index (χ0v) is 22.7. The maximum absolute atomic E-state index is 6.43. The molecular weight excluding hydrogens is 504 g/mol. The molecule has 2 fully saturated rings. The van der Waals surface area contributed by atoms with Crippen LogP contribution in [0, 0.1) is 0 Å². The molecule has 3 N–H and O–H groups in total.